The molecule has 22 heavy (non-hydrogen) atoms. The lowest BCUT2D eigenvalue weighted by molar-refractivity contribution is -0.0513. The van der Waals surface area contributed by atoms with E-state index < -0.39 is 6.61 Å². The third-order valence-corrected chi connectivity index (χ3v) is 3.70. The number of alkyl halides is 2. The molecule has 114 valence electrons. The third kappa shape index (κ3) is 3.59. The van der Waals surface area contributed by atoms with Crippen LogP contribution in [0.15, 0.2) is 23.6 Å². The molecule has 0 fully saturated rings. The van der Waals surface area contributed by atoms with Crippen LogP contribution in [0.25, 0.3) is 11.6 Å². The van der Waals surface area contributed by atoms with Crippen molar-refractivity contribution in [3.8, 4) is 17.6 Å². The molecule has 0 atom stereocenters. The minimum atomic E-state index is -2.99. The van der Waals surface area contributed by atoms with Gasteiger partial charge in [0.15, 0.2) is 11.5 Å². The van der Waals surface area contributed by atoms with Crippen LogP contribution in [0, 0.1) is 18.3 Å². The Hall–Kier alpha value is -2.46. The van der Waals surface area contributed by atoms with Crippen LogP contribution in [0.1, 0.15) is 16.3 Å². The molecule has 0 saturated heterocycles. The van der Waals surface area contributed by atoms with Crippen molar-refractivity contribution < 1.29 is 18.3 Å². The van der Waals surface area contributed by atoms with E-state index in [-0.39, 0.29) is 17.1 Å². The first-order valence-corrected chi connectivity index (χ1v) is 7.09. The number of para-hydroxylation sites is 1. The van der Waals surface area contributed by atoms with E-state index in [9.17, 15) is 14.0 Å². The molecule has 0 aliphatic heterocycles. The standard InChI is InChI=1S/C15H12F2N2O2S/c1-9-8-22-14(19-9)11(7-18)6-10-4-3-5-12(20-2)13(10)21-15(16)17/h3-6,8,15H,1-2H3/b11-6+. The van der Waals surface area contributed by atoms with Crippen molar-refractivity contribution in [3.05, 3.63) is 39.8 Å². The van der Waals surface area contributed by atoms with Gasteiger partial charge >= 0.3 is 6.61 Å². The van der Waals surface area contributed by atoms with Gasteiger partial charge in [-0.05, 0) is 19.1 Å². The van der Waals surface area contributed by atoms with E-state index in [0.717, 1.165) is 5.69 Å². The van der Waals surface area contributed by atoms with Gasteiger partial charge in [-0.15, -0.1) is 11.3 Å². The fourth-order valence-corrected chi connectivity index (χ4v) is 2.56. The largest absolute Gasteiger partial charge is 0.493 e. The predicted octanol–water partition coefficient (Wildman–Crippen LogP) is 4.13. The topological polar surface area (TPSA) is 55.1 Å². The molecule has 0 unspecified atom stereocenters. The molecule has 1 aromatic heterocycles. The van der Waals surface area contributed by atoms with Crippen LogP contribution in [-0.4, -0.2) is 18.7 Å². The van der Waals surface area contributed by atoms with Crippen LogP contribution in [0.2, 0.25) is 0 Å². The van der Waals surface area contributed by atoms with Crippen LogP contribution in [0.4, 0.5) is 8.78 Å². The van der Waals surface area contributed by atoms with Crippen molar-refractivity contribution in [1.82, 2.24) is 4.98 Å². The van der Waals surface area contributed by atoms with Crippen LogP contribution in [0.3, 0.4) is 0 Å². The number of halogens is 2. The van der Waals surface area contributed by atoms with Gasteiger partial charge in [0.2, 0.25) is 0 Å². The Morgan fingerprint density at radius 3 is 2.77 bits per heavy atom. The zero-order valence-corrected chi connectivity index (χ0v) is 12.7. The smallest absolute Gasteiger partial charge is 0.387 e. The Kier molecular flexibility index (Phi) is 5.07. The van der Waals surface area contributed by atoms with Crippen molar-refractivity contribution in [3.63, 3.8) is 0 Å². The van der Waals surface area contributed by atoms with E-state index in [0.29, 0.717) is 10.6 Å². The molecule has 0 aliphatic rings. The number of nitriles is 1. The number of hydrogen-bond donors (Lipinski definition) is 0. The van der Waals surface area contributed by atoms with E-state index in [1.807, 2.05) is 18.4 Å². The Bertz CT molecular complexity index is 735. The summed E-state index contributed by atoms with van der Waals surface area (Å²) in [6, 6.07) is 6.73. The van der Waals surface area contributed by atoms with E-state index in [1.165, 1.54) is 30.6 Å². The third-order valence-electron chi connectivity index (χ3n) is 2.71. The maximum absolute atomic E-state index is 12.6. The second kappa shape index (κ2) is 7.00. The molecular formula is C15H12F2N2O2S. The maximum Gasteiger partial charge on any atom is 0.387 e. The average Bonchev–Trinajstić information content (AvgIpc) is 2.91. The van der Waals surface area contributed by atoms with Gasteiger partial charge in [-0.2, -0.15) is 14.0 Å². The first-order chi connectivity index (χ1) is 10.5. The number of nitrogens with zero attached hydrogens (tertiary/aromatic N) is 2. The second-order valence-corrected chi connectivity index (χ2v) is 5.08. The zero-order valence-electron chi connectivity index (χ0n) is 11.8. The number of methoxy groups -OCH3 is 1. The summed E-state index contributed by atoms with van der Waals surface area (Å²) < 4.78 is 34.7. The van der Waals surface area contributed by atoms with Crippen LogP contribution < -0.4 is 9.47 Å². The van der Waals surface area contributed by atoms with E-state index in [2.05, 4.69) is 9.72 Å². The molecule has 0 amide bonds. The van der Waals surface area contributed by atoms with Crippen LogP contribution in [0.5, 0.6) is 11.5 Å². The summed E-state index contributed by atoms with van der Waals surface area (Å²) in [5.74, 6) is 0.0580. The first-order valence-electron chi connectivity index (χ1n) is 6.21. The fourth-order valence-electron chi connectivity index (χ4n) is 1.80. The highest BCUT2D eigenvalue weighted by atomic mass is 32.1. The SMILES string of the molecule is COc1cccc(/C=C(\C#N)c2nc(C)cs2)c1OC(F)F. The van der Waals surface area contributed by atoms with Crippen molar-refractivity contribution in [2.45, 2.75) is 13.5 Å². The molecule has 0 aliphatic carbocycles. The van der Waals surface area contributed by atoms with Crippen LogP contribution in [-0.2, 0) is 0 Å². The highest BCUT2D eigenvalue weighted by molar-refractivity contribution is 7.11. The van der Waals surface area contributed by atoms with Gasteiger partial charge in [0, 0.05) is 16.6 Å². The molecule has 7 heteroatoms. The lowest BCUT2D eigenvalue weighted by Crippen LogP contribution is -2.05. The average molecular weight is 322 g/mol. The molecular weight excluding hydrogens is 310 g/mol. The molecule has 1 aromatic carbocycles. The quantitative estimate of drug-likeness (QED) is 0.777. The number of hydrogen-bond acceptors (Lipinski definition) is 5. The van der Waals surface area contributed by atoms with Gasteiger partial charge in [0.25, 0.3) is 0 Å². The van der Waals surface area contributed by atoms with Crippen molar-refractivity contribution in [2.24, 2.45) is 0 Å². The zero-order chi connectivity index (χ0) is 16.1. The number of benzene rings is 1. The lowest BCUT2D eigenvalue weighted by atomic mass is 10.1. The van der Waals surface area contributed by atoms with Gasteiger partial charge in [0.05, 0.1) is 12.7 Å². The minimum Gasteiger partial charge on any atom is -0.493 e. The summed E-state index contributed by atoms with van der Waals surface area (Å²) in [7, 11) is 1.36. The summed E-state index contributed by atoms with van der Waals surface area (Å²) in [6.07, 6.45) is 1.46. The summed E-state index contributed by atoms with van der Waals surface area (Å²) in [5, 5.41) is 11.6. The van der Waals surface area contributed by atoms with Crippen molar-refractivity contribution in [1.29, 1.82) is 5.26 Å². The summed E-state index contributed by atoms with van der Waals surface area (Å²) in [4.78, 5) is 4.22. The van der Waals surface area contributed by atoms with Gasteiger partial charge in [-0.3, -0.25) is 0 Å². The molecule has 2 aromatic rings. The van der Waals surface area contributed by atoms with E-state index in [4.69, 9.17) is 4.74 Å². The molecule has 1 heterocycles. The van der Waals surface area contributed by atoms with E-state index >= 15 is 0 Å². The molecule has 0 bridgehead atoms. The number of aromatic nitrogens is 1. The van der Waals surface area contributed by atoms with Crippen LogP contribution >= 0.6 is 11.3 Å². The number of rotatable bonds is 5. The number of aryl methyl sites for hydroxylation is 1. The van der Waals surface area contributed by atoms with Gasteiger partial charge in [-0.1, -0.05) is 12.1 Å². The number of ether oxygens (including phenoxy) is 2. The van der Waals surface area contributed by atoms with Gasteiger partial charge in [0.1, 0.15) is 11.1 Å². The Morgan fingerprint density at radius 2 is 2.23 bits per heavy atom. The van der Waals surface area contributed by atoms with Gasteiger partial charge in [-0.25, -0.2) is 4.98 Å². The Morgan fingerprint density at radius 1 is 1.45 bits per heavy atom. The maximum atomic E-state index is 12.6. The summed E-state index contributed by atoms with van der Waals surface area (Å²) in [5.41, 5.74) is 1.38. The van der Waals surface area contributed by atoms with Crippen molar-refractivity contribution >= 4 is 23.0 Å². The predicted molar refractivity (Wildman–Crippen MR) is 80.0 cm³/mol. The van der Waals surface area contributed by atoms with Gasteiger partial charge < -0.3 is 9.47 Å². The summed E-state index contributed by atoms with van der Waals surface area (Å²) >= 11 is 1.31. The number of allylic oxidation sites excluding steroid dienone is 1. The molecule has 0 saturated carbocycles. The minimum absolute atomic E-state index is 0.110. The molecule has 0 N–H and O–H groups in total. The highest BCUT2D eigenvalue weighted by Crippen LogP contribution is 2.35. The van der Waals surface area contributed by atoms with E-state index in [1.54, 1.807) is 12.1 Å². The highest BCUT2D eigenvalue weighted by Gasteiger charge is 2.15. The Labute approximate surface area is 130 Å². The first kappa shape index (κ1) is 15.9. The molecule has 0 spiro atoms. The molecule has 2 rings (SSSR count). The Balaban J connectivity index is 2.51. The van der Waals surface area contributed by atoms with Crippen molar-refractivity contribution in [2.75, 3.05) is 7.11 Å². The molecule has 0 radical (unpaired) electrons. The second-order valence-electron chi connectivity index (χ2n) is 4.22. The molecule has 4 nitrogen and oxygen atoms in total. The monoisotopic (exact) mass is 322 g/mol. The fraction of sp³-hybridized carbons (Fsp3) is 0.200. The normalized spacial score (nSPS) is 11.4. The lowest BCUT2D eigenvalue weighted by Gasteiger charge is -2.12. The number of thiazole rings is 1. The summed E-state index contributed by atoms with van der Waals surface area (Å²) in [6.45, 7) is -1.18.